The van der Waals surface area contributed by atoms with Crippen LogP contribution in [-0.4, -0.2) is 22.7 Å². The van der Waals surface area contributed by atoms with Crippen molar-refractivity contribution in [2.24, 2.45) is 0 Å². The number of hydrogen-bond donors (Lipinski definition) is 2. The summed E-state index contributed by atoms with van der Waals surface area (Å²) in [5.41, 5.74) is 2.22. The Hall–Kier alpha value is -2.64. The standard InChI is InChI=1S/C20H26N2O5/c1-20(2,3)27-13-15-7-5-6-14(8-15)11-21-12-16-9-19(26-4)18(23)10-17(16)22(24)25/h5-10,21,23H,11-13H2,1-4H3. The summed E-state index contributed by atoms with van der Waals surface area (Å²) >= 11 is 0. The van der Waals surface area contributed by atoms with E-state index in [2.05, 4.69) is 5.32 Å². The third-order valence-electron chi connectivity index (χ3n) is 3.88. The zero-order chi connectivity index (χ0) is 20.0. The number of phenols is 1. The maximum absolute atomic E-state index is 11.2. The molecule has 0 amide bonds. The lowest BCUT2D eigenvalue weighted by Gasteiger charge is -2.19. The van der Waals surface area contributed by atoms with Gasteiger partial charge in [0.05, 0.1) is 30.3 Å². The van der Waals surface area contributed by atoms with E-state index in [4.69, 9.17) is 9.47 Å². The van der Waals surface area contributed by atoms with Gasteiger partial charge in [-0.25, -0.2) is 0 Å². The third kappa shape index (κ3) is 6.23. The first-order valence-corrected chi connectivity index (χ1v) is 8.66. The first kappa shape index (κ1) is 20.7. The molecule has 2 N–H and O–H groups in total. The minimum Gasteiger partial charge on any atom is -0.504 e. The van der Waals surface area contributed by atoms with Crippen molar-refractivity contribution in [1.29, 1.82) is 0 Å². The van der Waals surface area contributed by atoms with Gasteiger partial charge in [0.1, 0.15) is 0 Å². The van der Waals surface area contributed by atoms with Crippen LogP contribution in [0.2, 0.25) is 0 Å². The molecule has 0 saturated carbocycles. The molecule has 0 fully saturated rings. The largest absolute Gasteiger partial charge is 0.504 e. The molecule has 0 heterocycles. The van der Waals surface area contributed by atoms with Gasteiger partial charge in [0.2, 0.25) is 0 Å². The average molecular weight is 374 g/mol. The molecule has 7 nitrogen and oxygen atoms in total. The predicted octanol–water partition coefficient (Wildman–Crippen LogP) is 3.91. The lowest BCUT2D eigenvalue weighted by molar-refractivity contribution is -0.385. The van der Waals surface area contributed by atoms with Gasteiger partial charge in [0.15, 0.2) is 11.5 Å². The molecular formula is C20H26N2O5. The number of methoxy groups -OCH3 is 1. The average Bonchev–Trinajstić information content (AvgIpc) is 2.60. The highest BCUT2D eigenvalue weighted by Gasteiger charge is 2.18. The van der Waals surface area contributed by atoms with E-state index in [9.17, 15) is 15.2 Å². The Balaban J connectivity index is 2.03. The summed E-state index contributed by atoms with van der Waals surface area (Å²) in [6.45, 7) is 7.38. The van der Waals surface area contributed by atoms with Crippen LogP contribution in [0, 0.1) is 10.1 Å². The molecule has 0 atom stereocenters. The molecule has 0 radical (unpaired) electrons. The van der Waals surface area contributed by atoms with E-state index < -0.39 is 4.92 Å². The number of nitro benzene ring substituents is 1. The SMILES string of the molecule is COc1cc(CNCc2cccc(COC(C)(C)C)c2)c([N+](=O)[O-])cc1O. The summed E-state index contributed by atoms with van der Waals surface area (Å²) in [5.74, 6) is -0.0433. The van der Waals surface area contributed by atoms with Crippen LogP contribution in [0.1, 0.15) is 37.5 Å². The molecule has 2 aromatic carbocycles. The van der Waals surface area contributed by atoms with Crippen LogP contribution in [0.25, 0.3) is 0 Å². The molecule has 0 aliphatic carbocycles. The van der Waals surface area contributed by atoms with Gasteiger partial charge in [-0.1, -0.05) is 24.3 Å². The Labute approximate surface area is 159 Å². The molecule has 0 aliphatic rings. The molecule has 2 rings (SSSR count). The molecule has 0 aromatic heterocycles. The van der Waals surface area contributed by atoms with Crippen LogP contribution < -0.4 is 10.1 Å². The fourth-order valence-corrected chi connectivity index (χ4v) is 2.55. The molecule has 7 heteroatoms. The smallest absolute Gasteiger partial charge is 0.277 e. The quantitative estimate of drug-likeness (QED) is 0.537. The number of nitrogens with one attached hydrogen (secondary N) is 1. The molecule has 27 heavy (non-hydrogen) atoms. The fourth-order valence-electron chi connectivity index (χ4n) is 2.55. The monoisotopic (exact) mass is 374 g/mol. The normalized spacial score (nSPS) is 11.4. The van der Waals surface area contributed by atoms with Crippen molar-refractivity contribution >= 4 is 5.69 Å². The van der Waals surface area contributed by atoms with Crippen molar-refractivity contribution in [3.63, 3.8) is 0 Å². The second-order valence-electron chi connectivity index (χ2n) is 7.23. The van der Waals surface area contributed by atoms with E-state index in [0.29, 0.717) is 18.7 Å². The Morgan fingerprint density at radius 3 is 2.48 bits per heavy atom. The number of benzene rings is 2. The number of nitro groups is 1. The zero-order valence-corrected chi connectivity index (χ0v) is 16.1. The highest BCUT2D eigenvalue weighted by molar-refractivity contribution is 5.53. The van der Waals surface area contributed by atoms with Crippen molar-refractivity contribution < 1.29 is 19.5 Å². The van der Waals surface area contributed by atoms with Crippen LogP contribution >= 0.6 is 0 Å². The number of hydrogen-bond acceptors (Lipinski definition) is 6. The Kier molecular flexibility index (Phi) is 6.76. The second-order valence-corrected chi connectivity index (χ2v) is 7.23. The number of aromatic hydroxyl groups is 1. The Morgan fingerprint density at radius 2 is 1.85 bits per heavy atom. The lowest BCUT2D eigenvalue weighted by atomic mass is 10.1. The van der Waals surface area contributed by atoms with Gasteiger partial charge >= 0.3 is 0 Å². The van der Waals surface area contributed by atoms with Gasteiger partial charge in [-0.2, -0.15) is 0 Å². The van der Waals surface area contributed by atoms with Crippen LogP contribution in [0.5, 0.6) is 11.5 Å². The van der Waals surface area contributed by atoms with Crippen molar-refractivity contribution in [1.82, 2.24) is 5.32 Å². The van der Waals surface area contributed by atoms with E-state index in [0.717, 1.165) is 17.2 Å². The molecule has 0 spiro atoms. The Morgan fingerprint density at radius 1 is 1.15 bits per heavy atom. The minimum absolute atomic E-state index is 0.145. The summed E-state index contributed by atoms with van der Waals surface area (Å²) in [5, 5.41) is 24.2. The highest BCUT2D eigenvalue weighted by Crippen LogP contribution is 2.33. The topological polar surface area (TPSA) is 93.9 Å². The third-order valence-corrected chi connectivity index (χ3v) is 3.88. The highest BCUT2D eigenvalue weighted by atomic mass is 16.6. The summed E-state index contributed by atoms with van der Waals surface area (Å²) in [6.07, 6.45) is 0. The van der Waals surface area contributed by atoms with Crippen molar-refractivity contribution in [3.8, 4) is 11.5 Å². The van der Waals surface area contributed by atoms with E-state index in [-0.39, 0.29) is 29.3 Å². The van der Waals surface area contributed by atoms with Gasteiger partial charge in [-0.3, -0.25) is 10.1 Å². The van der Waals surface area contributed by atoms with Gasteiger partial charge in [-0.05, 0) is 38.0 Å². The van der Waals surface area contributed by atoms with Crippen LogP contribution in [-0.2, 0) is 24.4 Å². The van der Waals surface area contributed by atoms with E-state index in [1.54, 1.807) is 0 Å². The number of phenolic OH excluding ortho intramolecular Hbond substituents is 1. The zero-order valence-electron chi connectivity index (χ0n) is 16.1. The first-order valence-electron chi connectivity index (χ1n) is 8.66. The maximum Gasteiger partial charge on any atom is 0.277 e. The van der Waals surface area contributed by atoms with Crippen LogP contribution in [0.4, 0.5) is 5.69 Å². The van der Waals surface area contributed by atoms with Gasteiger partial charge in [0.25, 0.3) is 5.69 Å². The summed E-state index contributed by atoms with van der Waals surface area (Å²) in [7, 11) is 1.41. The van der Waals surface area contributed by atoms with Gasteiger partial charge < -0.3 is 19.9 Å². The summed E-state index contributed by atoms with van der Waals surface area (Å²) in [6, 6.07) is 10.6. The minimum atomic E-state index is -0.513. The second kappa shape index (κ2) is 8.83. The summed E-state index contributed by atoms with van der Waals surface area (Å²) in [4.78, 5) is 10.7. The number of rotatable bonds is 8. The van der Waals surface area contributed by atoms with Crippen LogP contribution in [0.3, 0.4) is 0 Å². The molecule has 2 aromatic rings. The summed E-state index contributed by atoms with van der Waals surface area (Å²) < 4.78 is 10.8. The Bertz CT molecular complexity index is 799. The molecule has 0 aliphatic heterocycles. The number of ether oxygens (including phenoxy) is 2. The fraction of sp³-hybridized carbons (Fsp3) is 0.400. The van der Waals surface area contributed by atoms with Gasteiger partial charge in [-0.15, -0.1) is 0 Å². The lowest BCUT2D eigenvalue weighted by Crippen LogP contribution is -2.19. The van der Waals surface area contributed by atoms with Crippen LogP contribution in [0.15, 0.2) is 36.4 Å². The molecule has 0 unspecified atom stereocenters. The molecule has 0 bridgehead atoms. The van der Waals surface area contributed by atoms with Crippen molar-refractivity contribution in [2.75, 3.05) is 7.11 Å². The predicted molar refractivity (Wildman–Crippen MR) is 103 cm³/mol. The van der Waals surface area contributed by atoms with Crippen molar-refractivity contribution in [3.05, 3.63) is 63.2 Å². The first-order chi connectivity index (χ1) is 12.7. The molecule has 146 valence electrons. The van der Waals surface area contributed by atoms with Gasteiger partial charge in [0, 0.05) is 18.7 Å². The van der Waals surface area contributed by atoms with E-state index in [1.807, 2.05) is 45.0 Å². The molecule has 0 saturated heterocycles. The van der Waals surface area contributed by atoms with E-state index >= 15 is 0 Å². The number of nitrogens with zero attached hydrogens (tertiary/aromatic N) is 1. The maximum atomic E-state index is 11.2. The molecular weight excluding hydrogens is 348 g/mol. The van der Waals surface area contributed by atoms with E-state index in [1.165, 1.54) is 13.2 Å². The van der Waals surface area contributed by atoms with Crippen molar-refractivity contribution in [2.45, 2.75) is 46.1 Å².